The van der Waals surface area contributed by atoms with E-state index in [9.17, 15) is 5.11 Å². The molecule has 0 amide bonds. The van der Waals surface area contributed by atoms with E-state index in [1.807, 2.05) is 13.0 Å². The molecule has 4 aliphatic carbocycles. The summed E-state index contributed by atoms with van der Waals surface area (Å²) in [7, 11) is 0. The minimum atomic E-state index is 0.0939. The van der Waals surface area contributed by atoms with Gasteiger partial charge in [0.15, 0.2) is 5.96 Å². The fraction of sp³-hybridized carbons (Fsp3) is 0.611. The highest BCUT2D eigenvalue weighted by Gasteiger charge is 2.51. The highest BCUT2D eigenvalue weighted by molar-refractivity contribution is 5.93. The standard InChI is InChI=1S/C18H25N3O/c1-11-4-15(22)2-3-16(11)20-17(19)21-18-8-12-5-13(9-18)7-14(6-12)10-18/h2-4,12-14,22H,5-10H2,1H3,(H3,19,20,21). The van der Waals surface area contributed by atoms with Gasteiger partial charge >= 0.3 is 0 Å². The summed E-state index contributed by atoms with van der Waals surface area (Å²) in [6, 6.07) is 5.26. The smallest absolute Gasteiger partial charge is 0.193 e. The van der Waals surface area contributed by atoms with E-state index in [1.54, 1.807) is 12.1 Å². The van der Waals surface area contributed by atoms with Crippen molar-refractivity contribution in [3.8, 4) is 5.75 Å². The molecule has 22 heavy (non-hydrogen) atoms. The minimum Gasteiger partial charge on any atom is -0.508 e. The Kier molecular flexibility index (Phi) is 3.10. The number of guanidine groups is 1. The summed E-state index contributed by atoms with van der Waals surface area (Å²) < 4.78 is 0. The zero-order valence-electron chi connectivity index (χ0n) is 13.2. The second-order valence-corrected chi connectivity index (χ2v) is 7.76. The van der Waals surface area contributed by atoms with Crippen molar-refractivity contribution in [2.24, 2.45) is 28.5 Å². The molecule has 0 radical (unpaired) electrons. The second-order valence-electron chi connectivity index (χ2n) is 7.76. The molecule has 5 rings (SSSR count). The van der Waals surface area contributed by atoms with Crippen molar-refractivity contribution in [2.75, 3.05) is 5.32 Å². The number of anilines is 1. The van der Waals surface area contributed by atoms with Crippen LogP contribution in [-0.2, 0) is 0 Å². The molecule has 4 aliphatic rings. The summed E-state index contributed by atoms with van der Waals surface area (Å²) in [4.78, 5) is 4.95. The highest BCUT2D eigenvalue weighted by Crippen LogP contribution is 2.57. The van der Waals surface area contributed by atoms with E-state index in [-0.39, 0.29) is 11.3 Å². The van der Waals surface area contributed by atoms with E-state index in [1.165, 1.54) is 38.5 Å². The molecule has 0 atom stereocenters. The van der Waals surface area contributed by atoms with Crippen LogP contribution in [0.25, 0.3) is 0 Å². The van der Waals surface area contributed by atoms with E-state index in [0.717, 1.165) is 29.0 Å². The van der Waals surface area contributed by atoms with Gasteiger partial charge in [-0.2, -0.15) is 0 Å². The maximum Gasteiger partial charge on any atom is 0.193 e. The Morgan fingerprint density at radius 3 is 2.32 bits per heavy atom. The van der Waals surface area contributed by atoms with Gasteiger partial charge in [-0.15, -0.1) is 0 Å². The van der Waals surface area contributed by atoms with Crippen molar-refractivity contribution in [1.29, 1.82) is 0 Å². The largest absolute Gasteiger partial charge is 0.508 e. The Morgan fingerprint density at radius 1 is 1.18 bits per heavy atom. The Bertz CT molecular complexity index is 587. The molecule has 1 aromatic carbocycles. The third-order valence-electron chi connectivity index (χ3n) is 5.84. The van der Waals surface area contributed by atoms with Crippen LogP contribution >= 0.6 is 0 Å². The van der Waals surface area contributed by atoms with Gasteiger partial charge in [0.1, 0.15) is 5.75 Å². The number of nitrogens with two attached hydrogens (primary N) is 1. The molecule has 0 heterocycles. The number of nitrogens with zero attached hydrogens (tertiary/aromatic N) is 1. The first-order valence-electron chi connectivity index (χ1n) is 8.43. The Morgan fingerprint density at radius 2 is 1.77 bits per heavy atom. The molecule has 4 fully saturated rings. The Labute approximate surface area is 131 Å². The van der Waals surface area contributed by atoms with E-state index < -0.39 is 0 Å². The molecule has 4 N–H and O–H groups in total. The van der Waals surface area contributed by atoms with Crippen molar-refractivity contribution in [1.82, 2.24) is 0 Å². The fourth-order valence-electron chi connectivity index (χ4n) is 5.41. The van der Waals surface area contributed by atoms with Gasteiger partial charge in [0.05, 0.1) is 5.54 Å². The number of nitrogens with one attached hydrogen (secondary N) is 1. The maximum absolute atomic E-state index is 9.49. The number of rotatable bonds is 2. The second kappa shape index (κ2) is 4.90. The molecule has 0 saturated heterocycles. The SMILES string of the molecule is Cc1cc(O)ccc1NC(N)=NC12CC3CC(CC(C3)C1)C2. The summed E-state index contributed by atoms with van der Waals surface area (Å²) >= 11 is 0. The molecule has 4 nitrogen and oxygen atoms in total. The van der Waals surface area contributed by atoms with Gasteiger partial charge in [-0.05, 0) is 87.0 Å². The first kappa shape index (κ1) is 13.9. The van der Waals surface area contributed by atoms with Gasteiger partial charge < -0.3 is 16.2 Å². The quantitative estimate of drug-likeness (QED) is 0.445. The summed E-state index contributed by atoms with van der Waals surface area (Å²) in [6.07, 6.45) is 7.90. The predicted molar refractivity (Wildman–Crippen MR) is 89.0 cm³/mol. The lowest BCUT2D eigenvalue weighted by Gasteiger charge is -2.54. The first-order valence-corrected chi connectivity index (χ1v) is 8.43. The zero-order valence-corrected chi connectivity index (χ0v) is 13.2. The fourth-order valence-corrected chi connectivity index (χ4v) is 5.41. The Balaban J connectivity index is 1.54. The number of phenolic OH excluding ortho intramolecular Hbond substituents is 1. The number of aryl methyl sites for hydroxylation is 1. The van der Waals surface area contributed by atoms with Gasteiger partial charge in [-0.25, -0.2) is 4.99 Å². The molecule has 118 valence electrons. The van der Waals surface area contributed by atoms with Crippen LogP contribution in [0.15, 0.2) is 23.2 Å². The van der Waals surface area contributed by atoms with E-state index in [4.69, 9.17) is 10.7 Å². The third kappa shape index (κ3) is 2.44. The molecule has 1 aromatic rings. The van der Waals surface area contributed by atoms with Crippen LogP contribution in [0, 0.1) is 24.7 Å². The van der Waals surface area contributed by atoms with Gasteiger partial charge in [0, 0.05) is 5.69 Å². The number of aromatic hydroxyl groups is 1. The number of phenols is 1. The van der Waals surface area contributed by atoms with Crippen LogP contribution in [0.4, 0.5) is 5.69 Å². The predicted octanol–water partition coefficient (Wildman–Crippen LogP) is 3.40. The Hall–Kier alpha value is -1.71. The van der Waals surface area contributed by atoms with Gasteiger partial charge in [0.25, 0.3) is 0 Å². The van der Waals surface area contributed by atoms with Crippen LogP contribution in [0.2, 0.25) is 0 Å². The minimum absolute atomic E-state index is 0.0939. The van der Waals surface area contributed by atoms with E-state index in [0.29, 0.717) is 5.96 Å². The molecule has 0 spiro atoms. The molecule has 0 aromatic heterocycles. The molecule has 4 bridgehead atoms. The summed E-state index contributed by atoms with van der Waals surface area (Å²) in [5.74, 6) is 3.42. The zero-order chi connectivity index (χ0) is 15.3. The van der Waals surface area contributed by atoms with Crippen LogP contribution in [-0.4, -0.2) is 16.6 Å². The van der Waals surface area contributed by atoms with Crippen molar-refractivity contribution >= 4 is 11.6 Å². The van der Waals surface area contributed by atoms with Crippen LogP contribution in [0.1, 0.15) is 44.1 Å². The lowest BCUT2D eigenvalue weighted by atomic mass is 9.53. The molecule has 4 heteroatoms. The topological polar surface area (TPSA) is 70.6 Å². The normalized spacial score (nSPS) is 36.6. The first-order chi connectivity index (χ1) is 10.5. The van der Waals surface area contributed by atoms with E-state index >= 15 is 0 Å². The number of benzene rings is 1. The summed E-state index contributed by atoms with van der Waals surface area (Å²) in [5.41, 5.74) is 8.20. The van der Waals surface area contributed by atoms with Crippen molar-refractivity contribution in [2.45, 2.75) is 51.0 Å². The molecule has 0 unspecified atom stereocenters. The van der Waals surface area contributed by atoms with Crippen molar-refractivity contribution < 1.29 is 5.11 Å². The molecular formula is C18H25N3O. The lowest BCUT2D eigenvalue weighted by molar-refractivity contribution is 0.00163. The van der Waals surface area contributed by atoms with Gasteiger partial charge in [-0.3, -0.25) is 0 Å². The van der Waals surface area contributed by atoms with Crippen LogP contribution in [0.5, 0.6) is 5.75 Å². The molecular weight excluding hydrogens is 274 g/mol. The van der Waals surface area contributed by atoms with Crippen molar-refractivity contribution in [3.05, 3.63) is 23.8 Å². The third-order valence-corrected chi connectivity index (χ3v) is 5.84. The number of hydrogen-bond acceptors (Lipinski definition) is 2. The lowest BCUT2D eigenvalue weighted by Crippen LogP contribution is -2.50. The van der Waals surface area contributed by atoms with Gasteiger partial charge in [-0.1, -0.05) is 0 Å². The van der Waals surface area contributed by atoms with E-state index in [2.05, 4.69) is 5.32 Å². The van der Waals surface area contributed by atoms with Crippen LogP contribution < -0.4 is 11.1 Å². The molecule has 0 aliphatic heterocycles. The highest BCUT2D eigenvalue weighted by atomic mass is 16.3. The van der Waals surface area contributed by atoms with Gasteiger partial charge in [0.2, 0.25) is 0 Å². The number of hydrogen-bond donors (Lipinski definition) is 3. The van der Waals surface area contributed by atoms with Crippen molar-refractivity contribution in [3.63, 3.8) is 0 Å². The maximum atomic E-state index is 9.49. The number of aliphatic imine (C=N–C) groups is 1. The average Bonchev–Trinajstić information content (AvgIpc) is 2.39. The average molecular weight is 299 g/mol. The summed E-state index contributed by atoms with van der Waals surface area (Å²) in [5, 5.41) is 12.7. The molecule has 4 saturated carbocycles. The van der Waals surface area contributed by atoms with Crippen LogP contribution in [0.3, 0.4) is 0 Å². The summed E-state index contributed by atoms with van der Waals surface area (Å²) in [6.45, 7) is 1.96. The monoisotopic (exact) mass is 299 g/mol.